The van der Waals surface area contributed by atoms with Gasteiger partial charge in [0.05, 0.1) is 5.69 Å². The maximum atomic E-state index is 10.3. The topological polar surface area (TPSA) is 66.4 Å². The summed E-state index contributed by atoms with van der Waals surface area (Å²) in [5.41, 5.74) is 0.320. The van der Waals surface area contributed by atoms with E-state index in [2.05, 4.69) is 15.9 Å². The van der Waals surface area contributed by atoms with Gasteiger partial charge in [-0.15, -0.1) is 0 Å². The Kier molecular flexibility index (Phi) is 5.50. The molecule has 0 aliphatic carbocycles. The number of nitrogens with one attached hydrogen (secondary N) is 1. The van der Waals surface area contributed by atoms with E-state index in [4.69, 9.17) is 4.55 Å². The zero-order valence-electron chi connectivity index (χ0n) is 7.86. The van der Waals surface area contributed by atoms with Crippen LogP contribution in [0, 0.1) is 0 Å². The van der Waals surface area contributed by atoms with E-state index >= 15 is 0 Å². The minimum absolute atomic E-state index is 0. The van der Waals surface area contributed by atoms with Crippen LogP contribution in [0.5, 0.6) is 0 Å². The van der Waals surface area contributed by atoms with Crippen LogP contribution in [0.15, 0.2) is 28.7 Å². The van der Waals surface area contributed by atoms with E-state index in [1.165, 1.54) is 12.1 Å². The first-order chi connectivity index (χ1) is 5.47. The van der Waals surface area contributed by atoms with Gasteiger partial charge in [-0.2, -0.15) is 8.42 Å². The molecular weight excluding hydrogens is 269 g/mol. The summed E-state index contributed by atoms with van der Waals surface area (Å²) in [5, 5.41) is 0. The van der Waals surface area contributed by atoms with Crippen LogP contribution in [0.1, 0.15) is 1.43 Å². The van der Waals surface area contributed by atoms with Crippen LogP contribution in [0.4, 0.5) is 5.69 Å². The average Bonchev–Trinajstić information content (AvgIpc) is 1.91. The summed E-state index contributed by atoms with van der Waals surface area (Å²) in [6.45, 7) is 0. The van der Waals surface area contributed by atoms with Crippen molar-refractivity contribution in [1.82, 2.24) is 0 Å². The summed E-state index contributed by atoms with van der Waals surface area (Å²) in [6, 6.07) is 6.37. The van der Waals surface area contributed by atoms with Gasteiger partial charge in [0.2, 0.25) is 0 Å². The maximum Gasteiger partial charge on any atom is 1.00 e. The smallest absolute Gasteiger partial charge is 1.00 e. The largest absolute Gasteiger partial charge is 1.00 e. The number of anilines is 1. The van der Waals surface area contributed by atoms with Crippen molar-refractivity contribution in [3.05, 3.63) is 28.7 Å². The van der Waals surface area contributed by atoms with Crippen molar-refractivity contribution < 1.29 is 44.0 Å². The molecule has 0 aromatic heterocycles. The van der Waals surface area contributed by atoms with Gasteiger partial charge in [0.25, 0.3) is 0 Å². The molecule has 0 spiro atoms. The second kappa shape index (κ2) is 5.33. The Morgan fingerprint density at radius 3 is 2.15 bits per heavy atom. The summed E-state index contributed by atoms with van der Waals surface area (Å²) < 4.78 is 31.8. The molecule has 0 saturated heterocycles. The summed E-state index contributed by atoms with van der Waals surface area (Å²) >= 11 is 3.19. The van der Waals surface area contributed by atoms with Gasteiger partial charge in [-0.05, 0) is 24.3 Å². The van der Waals surface area contributed by atoms with Gasteiger partial charge in [0, 0.05) is 4.47 Å². The van der Waals surface area contributed by atoms with Crippen molar-refractivity contribution in [3.8, 4) is 0 Å². The molecule has 1 aromatic carbocycles. The summed E-state index contributed by atoms with van der Waals surface area (Å²) in [6.07, 6.45) is 0. The van der Waals surface area contributed by atoms with Crippen LogP contribution in [0.25, 0.3) is 0 Å². The minimum Gasteiger partial charge on any atom is -1.00 e. The first-order valence-corrected chi connectivity index (χ1v) is 5.21. The molecule has 0 amide bonds. The van der Waals surface area contributed by atoms with Crippen molar-refractivity contribution in [2.24, 2.45) is 0 Å². The Morgan fingerprint density at radius 1 is 1.31 bits per heavy atom. The molecule has 2 N–H and O–H groups in total. The third-order valence-electron chi connectivity index (χ3n) is 1.09. The number of benzene rings is 1. The van der Waals surface area contributed by atoms with Crippen molar-refractivity contribution in [2.45, 2.75) is 0 Å². The molecular formula is C6H7BrNNaO3S. The van der Waals surface area contributed by atoms with Crippen molar-refractivity contribution in [1.29, 1.82) is 0 Å². The SMILES string of the molecule is O=S(=O)(O)Nc1ccc(Br)cc1.[H-].[Na+]. The van der Waals surface area contributed by atoms with Crippen molar-refractivity contribution in [2.75, 3.05) is 4.72 Å². The number of hydrogen-bond acceptors (Lipinski definition) is 2. The molecule has 0 fully saturated rings. The molecule has 1 rings (SSSR count). The second-order valence-electron chi connectivity index (χ2n) is 2.08. The molecule has 0 bridgehead atoms. The molecule has 0 unspecified atom stereocenters. The van der Waals surface area contributed by atoms with Crippen molar-refractivity contribution in [3.63, 3.8) is 0 Å². The number of halogens is 1. The van der Waals surface area contributed by atoms with E-state index in [0.29, 0.717) is 5.69 Å². The Bertz CT molecular complexity index is 369. The maximum absolute atomic E-state index is 10.3. The predicted molar refractivity (Wildman–Crippen MR) is 50.4 cm³/mol. The Hall–Kier alpha value is 0.410. The number of rotatable bonds is 2. The molecule has 4 nitrogen and oxygen atoms in total. The fourth-order valence-electron chi connectivity index (χ4n) is 0.667. The predicted octanol–water partition coefficient (Wildman–Crippen LogP) is -1.22. The van der Waals surface area contributed by atoms with Gasteiger partial charge >= 0.3 is 39.9 Å². The van der Waals surface area contributed by atoms with Crippen LogP contribution >= 0.6 is 15.9 Å². The van der Waals surface area contributed by atoms with Crippen LogP contribution < -0.4 is 34.3 Å². The van der Waals surface area contributed by atoms with Gasteiger partial charge < -0.3 is 1.43 Å². The van der Waals surface area contributed by atoms with E-state index in [-0.39, 0.29) is 31.0 Å². The molecule has 0 aliphatic heterocycles. The van der Waals surface area contributed by atoms with Gasteiger partial charge in [-0.1, -0.05) is 15.9 Å². The summed E-state index contributed by atoms with van der Waals surface area (Å²) in [4.78, 5) is 0. The molecule has 0 saturated carbocycles. The second-order valence-corrected chi connectivity index (χ2v) is 4.15. The average molecular weight is 276 g/mol. The first kappa shape index (κ1) is 13.4. The Morgan fingerprint density at radius 2 is 1.77 bits per heavy atom. The van der Waals surface area contributed by atoms with Gasteiger partial charge in [-0.3, -0.25) is 9.27 Å². The van der Waals surface area contributed by atoms with Crippen LogP contribution in [-0.2, 0) is 10.3 Å². The molecule has 13 heavy (non-hydrogen) atoms. The molecule has 0 aliphatic rings. The van der Waals surface area contributed by atoms with Crippen molar-refractivity contribution >= 4 is 31.9 Å². The molecule has 0 radical (unpaired) electrons. The standard InChI is InChI=1S/C6H6BrNO3S.Na.H/c7-5-1-3-6(4-2-5)8-12(9,10)11;;/h1-4,8H,(H,9,10,11);;/q;+1;-1. The van der Waals surface area contributed by atoms with E-state index in [1.54, 1.807) is 12.1 Å². The monoisotopic (exact) mass is 275 g/mol. The zero-order chi connectivity index (χ0) is 9.19. The molecule has 1 aromatic rings. The molecule has 7 heteroatoms. The fraction of sp³-hybridized carbons (Fsp3) is 0. The third kappa shape index (κ3) is 5.66. The van der Waals surface area contributed by atoms with Crippen LogP contribution in [0.2, 0.25) is 0 Å². The van der Waals surface area contributed by atoms with Crippen LogP contribution in [-0.4, -0.2) is 13.0 Å². The van der Waals surface area contributed by atoms with Crippen LogP contribution in [0.3, 0.4) is 0 Å². The van der Waals surface area contributed by atoms with E-state index in [0.717, 1.165) is 4.47 Å². The van der Waals surface area contributed by atoms with Gasteiger partial charge in [-0.25, -0.2) is 0 Å². The number of hydrogen-bond donors (Lipinski definition) is 2. The van der Waals surface area contributed by atoms with E-state index in [9.17, 15) is 8.42 Å². The van der Waals surface area contributed by atoms with E-state index in [1.807, 2.05) is 4.72 Å². The quantitative estimate of drug-likeness (QED) is 0.525. The Balaban J connectivity index is 0. The summed E-state index contributed by atoms with van der Waals surface area (Å²) in [7, 11) is -4.16. The fourth-order valence-corrected chi connectivity index (χ4v) is 1.37. The first-order valence-electron chi connectivity index (χ1n) is 2.98. The molecule has 0 atom stereocenters. The van der Waals surface area contributed by atoms with Gasteiger partial charge in [0.1, 0.15) is 0 Å². The van der Waals surface area contributed by atoms with E-state index < -0.39 is 10.3 Å². The summed E-state index contributed by atoms with van der Waals surface area (Å²) in [5.74, 6) is 0. The molecule has 68 valence electrons. The Labute approximate surface area is 109 Å². The minimum atomic E-state index is -4.16. The third-order valence-corrected chi connectivity index (χ3v) is 2.11. The zero-order valence-corrected chi connectivity index (χ0v) is 11.3. The normalized spacial score (nSPS) is 10.3. The molecule has 0 heterocycles. The van der Waals surface area contributed by atoms with Gasteiger partial charge in [0.15, 0.2) is 0 Å².